The zero-order chi connectivity index (χ0) is 45.3. The first kappa shape index (κ1) is 48.1. The van der Waals surface area contributed by atoms with Crippen molar-refractivity contribution in [2.75, 3.05) is 26.3 Å². The molecule has 6 atom stereocenters. The van der Waals surface area contributed by atoms with Crippen LogP contribution in [0.2, 0.25) is 0 Å². The van der Waals surface area contributed by atoms with Crippen LogP contribution < -0.4 is 0 Å². The number of aliphatic carboxylic acids is 2. The van der Waals surface area contributed by atoms with E-state index in [0.717, 1.165) is 16.7 Å². The van der Waals surface area contributed by atoms with Crippen LogP contribution in [0.25, 0.3) is 0 Å². The number of carbonyl (C=O) groups excluding carboxylic acids is 4. The number of nitrogens with zero attached hydrogens (tertiary/aromatic N) is 2. The lowest BCUT2D eigenvalue weighted by Gasteiger charge is -2.33. The summed E-state index contributed by atoms with van der Waals surface area (Å²) in [6, 6.07) is 27.5. The lowest BCUT2D eigenvalue weighted by molar-refractivity contribution is -0.175. The summed E-state index contributed by atoms with van der Waals surface area (Å²) < 4.78 is 17.0. The molecule has 0 saturated carbocycles. The van der Waals surface area contributed by atoms with Gasteiger partial charge >= 0.3 is 23.9 Å². The Morgan fingerprint density at radius 2 is 1.00 bits per heavy atom. The predicted molar refractivity (Wildman–Crippen MR) is 224 cm³/mol. The Labute approximate surface area is 357 Å². The van der Waals surface area contributed by atoms with Gasteiger partial charge in [-0.25, -0.2) is 0 Å². The number of ether oxygens (including phenoxy) is 3. The van der Waals surface area contributed by atoms with Crippen LogP contribution in [0.4, 0.5) is 0 Å². The molecule has 0 aliphatic carbocycles. The molecule has 0 radical (unpaired) electrons. The van der Waals surface area contributed by atoms with Crippen LogP contribution in [-0.2, 0) is 49.6 Å². The molecule has 2 fully saturated rings. The molecule has 0 unspecified atom stereocenters. The number of likely N-dealkylation sites (tertiary alicyclic amines) is 2. The number of hydrogen-bond donors (Lipinski definition) is 3. The van der Waals surface area contributed by atoms with Gasteiger partial charge in [0.05, 0.1) is 56.6 Å². The van der Waals surface area contributed by atoms with Gasteiger partial charge in [0, 0.05) is 13.1 Å². The number of esters is 2. The minimum Gasteiger partial charge on any atom is -0.481 e. The molecule has 2 saturated heterocycles. The van der Waals surface area contributed by atoms with E-state index in [1.54, 1.807) is 46.4 Å². The van der Waals surface area contributed by atoms with E-state index in [2.05, 4.69) is 0 Å². The van der Waals surface area contributed by atoms with E-state index < -0.39 is 83.1 Å². The highest BCUT2D eigenvalue weighted by Gasteiger charge is 2.61. The van der Waals surface area contributed by atoms with Crippen LogP contribution in [0.5, 0.6) is 0 Å². The Hall–Kier alpha value is -5.60. The molecule has 3 aromatic rings. The Balaban J connectivity index is 0.000000276. The topological polar surface area (TPSA) is 197 Å². The Morgan fingerprint density at radius 1 is 0.639 bits per heavy atom. The summed E-state index contributed by atoms with van der Waals surface area (Å²) in [5.41, 5.74) is -2.19. The summed E-state index contributed by atoms with van der Waals surface area (Å²) in [5.74, 6) is -6.73. The van der Waals surface area contributed by atoms with Gasteiger partial charge in [-0.15, -0.1) is 0 Å². The van der Waals surface area contributed by atoms with E-state index in [1.807, 2.05) is 105 Å². The molecule has 14 nitrogen and oxygen atoms in total. The number of carboxylic acid groups (broad SMARTS) is 2. The average Bonchev–Trinajstić information content (AvgIpc) is 3.63. The van der Waals surface area contributed by atoms with E-state index in [9.17, 15) is 44.1 Å². The van der Waals surface area contributed by atoms with Gasteiger partial charge in [0.2, 0.25) is 11.8 Å². The molecule has 3 N–H and O–H groups in total. The normalized spacial score (nSPS) is 22.5. The maximum atomic E-state index is 13.7. The molecule has 3 aromatic carbocycles. The largest absolute Gasteiger partial charge is 0.481 e. The summed E-state index contributed by atoms with van der Waals surface area (Å²) in [6.07, 6.45) is -1.11. The molecular formula is C47H60N2O12. The van der Waals surface area contributed by atoms with Crippen molar-refractivity contribution in [3.05, 3.63) is 108 Å². The standard InChI is InChI=1S/C27H33NO6.C20H27NO6/c1-19(21-13-9-6-10-14-21)28-18-27(15-23(29)30,25(32)34-26(2,3)4)22(24(28)31)17-33-16-20-11-7-5-8-12-20;1-13(14-8-6-5-7-9-14)21-12-20(10-16(23)24,15(11-22)17(21)25)18(26)27-19(2,3)4/h5-14,19,22H,15-18H2,1-4H3,(H,29,30);5-9,13,15,22H,10-12H2,1-4H3,(H,23,24)/t19-,22+,27-;13-,15+,20-/m11/s1. The van der Waals surface area contributed by atoms with E-state index in [1.165, 1.54) is 4.90 Å². The molecule has 2 amide bonds. The third-order valence-electron chi connectivity index (χ3n) is 11.0. The first-order valence-corrected chi connectivity index (χ1v) is 20.4. The second-order valence-corrected chi connectivity index (χ2v) is 17.9. The molecule has 0 spiro atoms. The molecule has 61 heavy (non-hydrogen) atoms. The van der Waals surface area contributed by atoms with Crippen LogP contribution in [0, 0.1) is 22.7 Å². The predicted octanol–water partition coefficient (Wildman–Crippen LogP) is 6.23. The summed E-state index contributed by atoms with van der Waals surface area (Å²) in [4.78, 5) is 79.6. The van der Waals surface area contributed by atoms with Gasteiger partial charge in [0.1, 0.15) is 22.0 Å². The zero-order valence-corrected chi connectivity index (χ0v) is 36.3. The maximum absolute atomic E-state index is 13.7. The second-order valence-electron chi connectivity index (χ2n) is 17.9. The van der Waals surface area contributed by atoms with Crippen molar-refractivity contribution in [1.29, 1.82) is 0 Å². The van der Waals surface area contributed by atoms with Gasteiger partial charge in [-0.05, 0) is 72.1 Å². The highest BCUT2D eigenvalue weighted by atomic mass is 16.6. The van der Waals surface area contributed by atoms with Crippen molar-refractivity contribution >= 4 is 35.7 Å². The van der Waals surface area contributed by atoms with Crippen molar-refractivity contribution in [2.45, 2.75) is 98.1 Å². The number of carboxylic acids is 2. The van der Waals surface area contributed by atoms with Crippen molar-refractivity contribution in [1.82, 2.24) is 9.80 Å². The lowest BCUT2D eigenvalue weighted by atomic mass is 9.75. The third kappa shape index (κ3) is 11.8. The fourth-order valence-electron chi connectivity index (χ4n) is 7.90. The van der Waals surface area contributed by atoms with Crippen molar-refractivity contribution in [3.63, 3.8) is 0 Å². The van der Waals surface area contributed by atoms with Gasteiger partial charge in [-0.3, -0.25) is 28.8 Å². The Morgan fingerprint density at radius 3 is 1.36 bits per heavy atom. The molecule has 0 aromatic heterocycles. The molecule has 330 valence electrons. The smallest absolute Gasteiger partial charge is 0.315 e. The van der Waals surface area contributed by atoms with Gasteiger partial charge in [-0.2, -0.15) is 0 Å². The molecule has 2 aliphatic rings. The quantitative estimate of drug-likeness (QED) is 0.146. The summed E-state index contributed by atoms with van der Waals surface area (Å²) in [7, 11) is 0. The maximum Gasteiger partial charge on any atom is 0.315 e. The first-order valence-electron chi connectivity index (χ1n) is 20.4. The number of aliphatic hydroxyl groups is 1. The summed E-state index contributed by atoms with van der Waals surface area (Å²) in [5, 5.41) is 29.0. The minimum absolute atomic E-state index is 0.0531. The minimum atomic E-state index is -1.63. The fraction of sp³-hybridized carbons (Fsp3) is 0.489. The number of amides is 2. The lowest BCUT2D eigenvalue weighted by Crippen LogP contribution is -2.46. The molecular weight excluding hydrogens is 785 g/mol. The zero-order valence-electron chi connectivity index (χ0n) is 36.3. The van der Waals surface area contributed by atoms with Crippen LogP contribution in [0.15, 0.2) is 91.0 Å². The Bertz CT molecular complexity index is 2000. The van der Waals surface area contributed by atoms with Crippen molar-refractivity contribution in [2.24, 2.45) is 22.7 Å². The van der Waals surface area contributed by atoms with Crippen LogP contribution >= 0.6 is 0 Å². The van der Waals surface area contributed by atoms with Crippen LogP contribution in [-0.4, -0.2) is 98.3 Å². The number of benzene rings is 3. The third-order valence-corrected chi connectivity index (χ3v) is 11.0. The molecule has 2 heterocycles. The van der Waals surface area contributed by atoms with Gasteiger partial charge in [0.15, 0.2) is 0 Å². The molecule has 2 aliphatic heterocycles. The number of carbonyl (C=O) groups is 6. The monoisotopic (exact) mass is 844 g/mol. The van der Waals surface area contributed by atoms with E-state index in [4.69, 9.17) is 14.2 Å². The molecule has 14 heteroatoms. The molecule has 0 bridgehead atoms. The van der Waals surface area contributed by atoms with Crippen LogP contribution in [0.3, 0.4) is 0 Å². The summed E-state index contributed by atoms with van der Waals surface area (Å²) in [6.45, 7) is 13.3. The van der Waals surface area contributed by atoms with E-state index >= 15 is 0 Å². The van der Waals surface area contributed by atoms with Crippen LogP contribution in [0.1, 0.15) is 97.0 Å². The number of rotatable bonds is 15. The number of hydrogen-bond acceptors (Lipinski definition) is 10. The Kier molecular flexibility index (Phi) is 15.6. The highest BCUT2D eigenvalue weighted by molar-refractivity contribution is 5.96. The summed E-state index contributed by atoms with van der Waals surface area (Å²) >= 11 is 0. The van der Waals surface area contributed by atoms with Crippen molar-refractivity contribution in [3.8, 4) is 0 Å². The number of aliphatic hydroxyl groups excluding tert-OH is 1. The van der Waals surface area contributed by atoms with Gasteiger partial charge < -0.3 is 39.3 Å². The first-order chi connectivity index (χ1) is 28.5. The SMILES string of the molecule is C[C@H](c1ccccc1)N1C[C@@](CC(=O)O)(C(=O)OC(C)(C)C)[C@@H](CO)C1=O.C[C@H](c1ccccc1)N1C[C@@](CC(=O)O)(C(=O)OC(C)(C)C)[C@@H](COCc2ccccc2)C1=O. The van der Waals surface area contributed by atoms with E-state index in [0.29, 0.717) is 0 Å². The molecule has 5 rings (SSSR count). The second kappa shape index (κ2) is 19.9. The average molecular weight is 845 g/mol. The fourth-order valence-corrected chi connectivity index (χ4v) is 7.90. The van der Waals surface area contributed by atoms with Gasteiger partial charge in [0.25, 0.3) is 0 Å². The van der Waals surface area contributed by atoms with Gasteiger partial charge in [-0.1, -0.05) is 91.0 Å². The highest BCUT2D eigenvalue weighted by Crippen LogP contribution is 2.47. The van der Waals surface area contributed by atoms with E-state index in [-0.39, 0.29) is 44.3 Å². The van der Waals surface area contributed by atoms with Crippen molar-refractivity contribution < 1.29 is 58.3 Å².